The van der Waals surface area contributed by atoms with Crippen LogP contribution in [0.1, 0.15) is 41.4 Å². The molecule has 1 saturated carbocycles. The Labute approximate surface area is 173 Å². The molecule has 0 amide bonds. The van der Waals surface area contributed by atoms with Gasteiger partial charge in [-0.05, 0) is 37.0 Å². The predicted octanol–water partition coefficient (Wildman–Crippen LogP) is 4.23. The number of halogens is 3. The van der Waals surface area contributed by atoms with E-state index < -0.39 is 17.4 Å². The van der Waals surface area contributed by atoms with Gasteiger partial charge in [0.15, 0.2) is 0 Å². The van der Waals surface area contributed by atoms with E-state index in [4.69, 9.17) is 0 Å². The molecule has 6 nitrogen and oxygen atoms in total. The van der Waals surface area contributed by atoms with Crippen molar-refractivity contribution in [2.45, 2.75) is 31.4 Å². The van der Waals surface area contributed by atoms with Crippen molar-refractivity contribution in [3.63, 3.8) is 0 Å². The zero-order chi connectivity index (χ0) is 21.0. The monoisotopic (exact) mass is 433 g/mol. The molecule has 0 N–H and O–H groups in total. The summed E-state index contributed by atoms with van der Waals surface area (Å²) in [5.41, 5.74) is -0.961. The maximum atomic E-state index is 13.4. The molecule has 1 atom stereocenters. The van der Waals surface area contributed by atoms with Crippen LogP contribution in [0.25, 0.3) is 11.2 Å². The minimum atomic E-state index is -4.54. The number of hydrogen-bond acceptors (Lipinski definition) is 4. The van der Waals surface area contributed by atoms with E-state index in [0.717, 1.165) is 34.0 Å². The molecule has 1 fully saturated rings. The Kier molecular flexibility index (Phi) is 4.35. The summed E-state index contributed by atoms with van der Waals surface area (Å²) in [4.78, 5) is 13.8. The zero-order valence-corrected chi connectivity index (χ0v) is 16.8. The standard InChI is InChI=1S/C20H18F3N5OS/c1-26-11-24-25-18(26)17(12-4-2-5-12)16-8-13(10-30-16)28-9-15-14(20(21,22)23)6-3-7-27(15)19(28)29/h3,6-12,17H,2,4-5H2,1H3. The number of pyridine rings is 1. The lowest BCUT2D eigenvalue weighted by Gasteiger charge is -2.32. The molecule has 4 heterocycles. The van der Waals surface area contributed by atoms with Gasteiger partial charge in [0.05, 0.1) is 22.7 Å². The van der Waals surface area contributed by atoms with Crippen molar-refractivity contribution in [2.24, 2.45) is 13.0 Å². The predicted molar refractivity (Wildman–Crippen MR) is 106 cm³/mol. The van der Waals surface area contributed by atoms with Crippen LogP contribution < -0.4 is 5.69 Å². The number of aromatic nitrogens is 5. The Morgan fingerprint density at radius 2 is 2.10 bits per heavy atom. The quantitative estimate of drug-likeness (QED) is 0.484. The van der Waals surface area contributed by atoms with E-state index in [1.165, 1.54) is 40.8 Å². The van der Waals surface area contributed by atoms with E-state index in [2.05, 4.69) is 10.2 Å². The molecule has 0 aliphatic heterocycles. The lowest BCUT2D eigenvalue weighted by atomic mass is 9.75. The second kappa shape index (κ2) is 6.83. The molecular weight excluding hydrogens is 415 g/mol. The van der Waals surface area contributed by atoms with Gasteiger partial charge < -0.3 is 4.57 Å². The first-order chi connectivity index (χ1) is 14.3. The van der Waals surface area contributed by atoms with Crippen LogP contribution in [-0.4, -0.2) is 23.7 Å². The van der Waals surface area contributed by atoms with Crippen molar-refractivity contribution in [2.75, 3.05) is 0 Å². The molecule has 156 valence electrons. The van der Waals surface area contributed by atoms with Crippen LogP contribution in [-0.2, 0) is 13.2 Å². The minimum Gasteiger partial charge on any atom is -0.320 e. The zero-order valence-electron chi connectivity index (χ0n) is 16.0. The van der Waals surface area contributed by atoms with E-state index in [-0.39, 0.29) is 11.4 Å². The highest BCUT2D eigenvalue weighted by Gasteiger charge is 2.35. The van der Waals surface area contributed by atoms with Gasteiger partial charge in [0, 0.05) is 29.7 Å². The fourth-order valence-corrected chi connectivity index (χ4v) is 5.16. The molecule has 0 saturated heterocycles. The average Bonchev–Trinajstić information content (AvgIpc) is 3.36. The first-order valence-corrected chi connectivity index (χ1v) is 10.4. The fourth-order valence-electron chi connectivity index (χ4n) is 4.09. The summed E-state index contributed by atoms with van der Waals surface area (Å²) in [6.45, 7) is 0. The Morgan fingerprint density at radius 3 is 2.73 bits per heavy atom. The van der Waals surface area contributed by atoms with Crippen LogP contribution in [0, 0.1) is 5.92 Å². The van der Waals surface area contributed by atoms with Gasteiger partial charge in [-0.1, -0.05) is 6.42 Å². The second-order valence-electron chi connectivity index (χ2n) is 7.63. The van der Waals surface area contributed by atoms with Gasteiger partial charge in [-0.25, -0.2) is 4.79 Å². The van der Waals surface area contributed by atoms with Gasteiger partial charge in [-0.15, -0.1) is 21.5 Å². The third-order valence-electron chi connectivity index (χ3n) is 5.84. The summed E-state index contributed by atoms with van der Waals surface area (Å²) in [6.07, 6.45) is 3.10. The average molecular weight is 433 g/mol. The third-order valence-corrected chi connectivity index (χ3v) is 6.84. The minimum absolute atomic E-state index is 0.0588. The molecule has 1 aliphatic carbocycles. The van der Waals surface area contributed by atoms with E-state index in [9.17, 15) is 18.0 Å². The second-order valence-corrected chi connectivity index (χ2v) is 8.58. The number of fused-ring (bicyclic) bond motifs is 1. The number of imidazole rings is 1. The van der Waals surface area contributed by atoms with Crippen molar-refractivity contribution in [3.8, 4) is 5.69 Å². The maximum absolute atomic E-state index is 13.4. The van der Waals surface area contributed by atoms with Crippen LogP contribution in [0.3, 0.4) is 0 Å². The normalized spacial score (nSPS) is 16.1. The molecule has 0 bridgehead atoms. The highest BCUT2D eigenvalue weighted by atomic mass is 32.1. The number of hydrogen-bond donors (Lipinski definition) is 0. The van der Waals surface area contributed by atoms with Gasteiger partial charge >= 0.3 is 11.9 Å². The first kappa shape index (κ1) is 19.1. The summed E-state index contributed by atoms with van der Waals surface area (Å²) in [5, 5.41) is 10.1. The Hall–Kier alpha value is -2.88. The summed E-state index contributed by atoms with van der Waals surface area (Å²) in [7, 11) is 1.90. The smallest absolute Gasteiger partial charge is 0.320 e. The van der Waals surface area contributed by atoms with Crippen molar-refractivity contribution in [3.05, 3.63) is 69.0 Å². The van der Waals surface area contributed by atoms with Crippen molar-refractivity contribution >= 4 is 16.9 Å². The molecule has 0 spiro atoms. The summed E-state index contributed by atoms with van der Waals surface area (Å²) >= 11 is 1.49. The third kappa shape index (κ3) is 2.97. The molecule has 4 aromatic rings. The maximum Gasteiger partial charge on any atom is 0.418 e. The van der Waals surface area contributed by atoms with Crippen LogP contribution >= 0.6 is 11.3 Å². The van der Waals surface area contributed by atoms with E-state index in [1.807, 2.05) is 23.1 Å². The van der Waals surface area contributed by atoms with Gasteiger partial charge in [0.2, 0.25) is 0 Å². The molecular formula is C20H18F3N5OS. The van der Waals surface area contributed by atoms with Crippen molar-refractivity contribution < 1.29 is 13.2 Å². The Balaban J connectivity index is 1.60. The van der Waals surface area contributed by atoms with E-state index in [0.29, 0.717) is 11.6 Å². The van der Waals surface area contributed by atoms with E-state index in [1.54, 1.807) is 6.33 Å². The van der Waals surface area contributed by atoms with Crippen LogP contribution in [0.2, 0.25) is 0 Å². The first-order valence-electron chi connectivity index (χ1n) is 9.57. The SMILES string of the molecule is Cn1cnnc1C(c1cc(-n2cc3c(C(F)(F)F)cccn3c2=O)cs1)C1CCC1. The molecule has 0 aromatic carbocycles. The number of thiophene rings is 1. The lowest BCUT2D eigenvalue weighted by molar-refractivity contribution is -0.136. The number of nitrogens with zero attached hydrogens (tertiary/aromatic N) is 5. The van der Waals surface area contributed by atoms with Gasteiger partial charge in [0.25, 0.3) is 0 Å². The summed E-state index contributed by atoms with van der Waals surface area (Å²) in [5.74, 6) is 1.37. The largest absolute Gasteiger partial charge is 0.418 e. The Bertz CT molecular complexity index is 1280. The van der Waals surface area contributed by atoms with Crippen LogP contribution in [0.4, 0.5) is 13.2 Å². The van der Waals surface area contributed by atoms with Crippen molar-refractivity contribution in [1.29, 1.82) is 0 Å². The molecule has 5 rings (SSSR count). The van der Waals surface area contributed by atoms with Gasteiger partial charge in [-0.3, -0.25) is 8.97 Å². The highest BCUT2D eigenvalue weighted by molar-refractivity contribution is 7.10. The summed E-state index contributed by atoms with van der Waals surface area (Å²) in [6, 6.07) is 4.11. The molecule has 1 aliphatic rings. The Morgan fingerprint density at radius 1 is 1.30 bits per heavy atom. The molecule has 10 heteroatoms. The number of rotatable bonds is 4. The number of aryl methyl sites for hydroxylation is 1. The van der Waals surface area contributed by atoms with Gasteiger partial charge in [-0.2, -0.15) is 13.2 Å². The molecule has 4 aromatic heterocycles. The molecule has 1 unspecified atom stereocenters. The lowest BCUT2D eigenvalue weighted by Crippen LogP contribution is -2.23. The van der Waals surface area contributed by atoms with Crippen molar-refractivity contribution in [1.82, 2.24) is 23.7 Å². The van der Waals surface area contributed by atoms with Crippen LogP contribution in [0.5, 0.6) is 0 Å². The fraction of sp³-hybridized carbons (Fsp3) is 0.350. The molecule has 30 heavy (non-hydrogen) atoms. The van der Waals surface area contributed by atoms with Gasteiger partial charge in [0.1, 0.15) is 12.2 Å². The highest BCUT2D eigenvalue weighted by Crippen LogP contribution is 2.44. The van der Waals surface area contributed by atoms with E-state index >= 15 is 0 Å². The molecule has 0 radical (unpaired) electrons. The number of alkyl halides is 3. The summed E-state index contributed by atoms with van der Waals surface area (Å²) < 4.78 is 44.3. The topological polar surface area (TPSA) is 57.1 Å². The van der Waals surface area contributed by atoms with Crippen LogP contribution in [0.15, 0.2) is 47.1 Å².